The number of nitrogens with one attached hydrogen (secondary N) is 2. The van der Waals surface area contributed by atoms with E-state index in [0.29, 0.717) is 16.5 Å². The molecule has 0 saturated heterocycles. The van der Waals surface area contributed by atoms with Crippen LogP contribution in [0.5, 0.6) is 5.75 Å². The van der Waals surface area contributed by atoms with Crippen molar-refractivity contribution in [2.45, 2.75) is 19.4 Å². The van der Waals surface area contributed by atoms with E-state index in [-0.39, 0.29) is 13.0 Å². The van der Waals surface area contributed by atoms with Gasteiger partial charge in [-0.25, -0.2) is 9.59 Å². The van der Waals surface area contributed by atoms with Crippen molar-refractivity contribution in [2.24, 2.45) is 0 Å². The number of amides is 2. The van der Waals surface area contributed by atoms with E-state index in [1.54, 1.807) is 19.1 Å². The van der Waals surface area contributed by atoms with E-state index < -0.39 is 18.1 Å². The van der Waals surface area contributed by atoms with Gasteiger partial charge in [-0.2, -0.15) is 0 Å². The molecule has 0 saturated carbocycles. The zero-order valence-electron chi connectivity index (χ0n) is 11.6. The molecule has 0 aliphatic carbocycles. The van der Waals surface area contributed by atoms with Crippen LogP contribution in [-0.2, 0) is 4.79 Å². The molecule has 1 aromatic rings. The molecule has 0 bridgehead atoms. The molecule has 0 aromatic heterocycles. The molecular weight excluding hydrogens is 300 g/mol. The van der Waals surface area contributed by atoms with Crippen LogP contribution in [0.15, 0.2) is 12.1 Å². The van der Waals surface area contributed by atoms with Crippen LogP contribution in [0, 0.1) is 6.92 Å². The highest BCUT2D eigenvalue weighted by Crippen LogP contribution is 2.30. The van der Waals surface area contributed by atoms with E-state index in [2.05, 4.69) is 10.6 Å². The Kier molecular flexibility index (Phi) is 6.26. The van der Waals surface area contributed by atoms with Gasteiger partial charge in [0.15, 0.2) is 6.10 Å². The van der Waals surface area contributed by atoms with Gasteiger partial charge >= 0.3 is 12.0 Å². The van der Waals surface area contributed by atoms with E-state index in [9.17, 15) is 9.59 Å². The maximum atomic E-state index is 11.7. The highest BCUT2D eigenvalue weighted by molar-refractivity contribution is 6.31. The van der Waals surface area contributed by atoms with Crippen LogP contribution in [-0.4, -0.2) is 42.0 Å². The van der Waals surface area contributed by atoms with Crippen molar-refractivity contribution < 1.29 is 24.5 Å². The molecule has 8 heteroatoms. The number of benzene rings is 1. The molecule has 0 fully saturated rings. The number of urea groups is 1. The summed E-state index contributed by atoms with van der Waals surface area (Å²) in [5.74, 6) is -0.918. The molecule has 21 heavy (non-hydrogen) atoms. The van der Waals surface area contributed by atoms with Crippen molar-refractivity contribution in [2.75, 3.05) is 19.0 Å². The molecule has 2 amide bonds. The zero-order chi connectivity index (χ0) is 16.0. The van der Waals surface area contributed by atoms with E-state index in [1.807, 2.05) is 0 Å². The van der Waals surface area contributed by atoms with Crippen molar-refractivity contribution >= 4 is 29.3 Å². The fourth-order valence-electron chi connectivity index (χ4n) is 1.54. The Morgan fingerprint density at radius 1 is 1.43 bits per heavy atom. The lowest BCUT2D eigenvalue weighted by Crippen LogP contribution is -2.33. The number of anilines is 1. The second kappa shape index (κ2) is 7.70. The summed E-state index contributed by atoms with van der Waals surface area (Å²) >= 11 is 5.96. The van der Waals surface area contributed by atoms with Gasteiger partial charge in [-0.1, -0.05) is 11.6 Å². The van der Waals surface area contributed by atoms with Crippen LogP contribution in [0.3, 0.4) is 0 Å². The highest BCUT2D eigenvalue weighted by Gasteiger charge is 2.14. The third kappa shape index (κ3) is 5.13. The first-order valence-corrected chi connectivity index (χ1v) is 6.52. The fraction of sp³-hybridized carbons (Fsp3) is 0.385. The van der Waals surface area contributed by atoms with E-state index in [1.165, 1.54) is 7.11 Å². The van der Waals surface area contributed by atoms with Crippen LogP contribution >= 0.6 is 11.6 Å². The largest absolute Gasteiger partial charge is 0.495 e. The topological polar surface area (TPSA) is 108 Å². The average molecular weight is 317 g/mol. The molecule has 1 aromatic carbocycles. The van der Waals surface area contributed by atoms with Gasteiger partial charge in [-0.3, -0.25) is 0 Å². The number of carbonyl (C=O) groups is 2. The molecule has 0 radical (unpaired) electrons. The minimum absolute atomic E-state index is 0.0220. The molecule has 0 unspecified atom stereocenters. The summed E-state index contributed by atoms with van der Waals surface area (Å²) in [6.07, 6.45) is -1.59. The number of ether oxygens (including phenoxy) is 1. The quantitative estimate of drug-likeness (QED) is 0.638. The summed E-state index contributed by atoms with van der Waals surface area (Å²) in [5.41, 5.74) is 1.21. The lowest BCUT2D eigenvalue weighted by atomic mass is 10.2. The lowest BCUT2D eigenvalue weighted by Gasteiger charge is -2.13. The van der Waals surface area contributed by atoms with E-state index in [0.717, 1.165) is 5.56 Å². The third-order valence-corrected chi connectivity index (χ3v) is 3.12. The Labute approximate surface area is 126 Å². The number of halogens is 1. The summed E-state index contributed by atoms with van der Waals surface area (Å²) in [6.45, 7) is 1.81. The number of aliphatic carboxylic acids is 1. The molecule has 0 heterocycles. The first-order valence-electron chi connectivity index (χ1n) is 6.15. The van der Waals surface area contributed by atoms with Gasteiger partial charge in [0.2, 0.25) is 0 Å². The Balaban J connectivity index is 2.59. The van der Waals surface area contributed by atoms with Gasteiger partial charge in [0.05, 0.1) is 12.8 Å². The normalized spacial score (nSPS) is 11.6. The minimum atomic E-state index is -1.50. The molecule has 1 rings (SSSR count). The summed E-state index contributed by atoms with van der Waals surface area (Å²) in [7, 11) is 1.45. The zero-order valence-corrected chi connectivity index (χ0v) is 12.4. The standard InChI is InChI=1S/C13H17ClN2O5/c1-7-5-9(11(21-2)6-8(7)14)16-13(20)15-4-3-10(17)12(18)19/h5-6,10,17H,3-4H2,1-2H3,(H,18,19)(H2,15,16,20)/t10-/m0/s1. The number of aliphatic hydroxyl groups excluding tert-OH is 1. The fourth-order valence-corrected chi connectivity index (χ4v) is 1.70. The number of carbonyl (C=O) groups excluding carboxylic acids is 1. The molecule has 4 N–H and O–H groups in total. The molecular formula is C13H17ClN2O5. The number of methoxy groups -OCH3 is 1. The van der Waals surface area contributed by atoms with Crippen molar-refractivity contribution in [1.82, 2.24) is 5.32 Å². The predicted molar refractivity (Wildman–Crippen MR) is 78.0 cm³/mol. The molecule has 1 atom stereocenters. The van der Waals surface area contributed by atoms with Crippen LogP contribution in [0.2, 0.25) is 5.02 Å². The van der Waals surface area contributed by atoms with Gasteiger partial charge in [0.25, 0.3) is 0 Å². The first-order chi connectivity index (χ1) is 9.85. The van der Waals surface area contributed by atoms with E-state index >= 15 is 0 Å². The molecule has 7 nitrogen and oxygen atoms in total. The molecule has 0 aliphatic heterocycles. The molecule has 116 valence electrons. The van der Waals surface area contributed by atoms with Gasteiger partial charge < -0.3 is 25.6 Å². The third-order valence-electron chi connectivity index (χ3n) is 2.72. The van der Waals surface area contributed by atoms with E-state index in [4.69, 9.17) is 26.6 Å². The van der Waals surface area contributed by atoms with Gasteiger partial charge in [-0.15, -0.1) is 0 Å². The van der Waals surface area contributed by atoms with Crippen LogP contribution in [0.4, 0.5) is 10.5 Å². The first kappa shape index (κ1) is 17.1. The summed E-state index contributed by atoms with van der Waals surface area (Å²) in [4.78, 5) is 22.1. The maximum Gasteiger partial charge on any atom is 0.332 e. The number of hydrogen-bond donors (Lipinski definition) is 4. The van der Waals surface area contributed by atoms with Crippen molar-refractivity contribution in [3.8, 4) is 5.75 Å². The lowest BCUT2D eigenvalue weighted by molar-refractivity contribution is -0.146. The van der Waals surface area contributed by atoms with Crippen molar-refractivity contribution in [1.29, 1.82) is 0 Å². The Bertz CT molecular complexity index is 536. The SMILES string of the molecule is COc1cc(Cl)c(C)cc1NC(=O)NCC[C@H](O)C(=O)O. The minimum Gasteiger partial charge on any atom is -0.495 e. The Morgan fingerprint density at radius 3 is 2.67 bits per heavy atom. The summed E-state index contributed by atoms with van der Waals surface area (Å²) in [5, 5.41) is 23.1. The van der Waals surface area contributed by atoms with Crippen molar-refractivity contribution in [3.05, 3.63) is 22.7 Å². The Morgan fingerprint density at radius 2 is 2.10 bits per heavy atom. The van der Waals surface area contributed by atoms with Crippen LogP contribution in [0.1, 0.15) is 12.0 Å². The Hall–Kier alpha value is -1.99. The van der Waals surface area contributed by atoms with Crippen LogP contribution in [0.25, 0.3) is 0 Å². The smallest absolute Gasteiger partial charge is 0.332 e. The average Bonchev–Trinajstić information content (AvgIpc) is 2.42. The predicted octanol–water partition coefficient (Wildman–Crippen LogP) is 1.61. The van der Waals surface area contributed by atoms with Crippen LogP contribution < -0.4 is 15.4 Å². The molecule has 0 aliphatic rings. The number of carboxylic acids is 1. The van der Waals surface area contributed by atoms with Crippen molar-refractivity contribution in [3.63, 3.8) is 0 Å². The monoisotopic (exact) mass is 316 g/mol. The molecule has 0 spiro atoms. The van der Waals surface area contributed by atoms with Gasteiger partial charge in [0, 0.05) is 24.1 Å². The number of hydrogen-bond acceptors (Lipinski definition) is 4. The number of aryl methyl sites for hydroxylation is 1. The second-order valence-electron chi connectivity index (χ2n) is 4.33. The maximum absolute atomic E-state index is 11.7. The second-order valence-corrected chi connectivity index (χ2v) is 4.73. The number of rotatable bonds is 6. The number of aliphatic hydroxyl groups is 1. The van der Waals surface area contributed by atoms with Gasteiger partial charge in [0.1, 0.15) is 5.75 Å². The summed E-state index contributed by atoms with van der Waals surface area (Å²) in [6, 6.07) is 2.71. The van der Waals surface area contributed by atoms with Gasteiger partial charge in [-0.05, 0) is 18.6 Å². The summed E-state index contributed by atoms with van der Waals surface area (Å²) < 4.78 is 5.11. The highest BCUT2D eigenvalue weighted by atomic mass is 35.5. The number of carboxylic acid groups (broad SMARTS) is 1.